The molecule has 8 heteroatoms. The van der Waals surface area contributed by atoms with Crippen LogP contribution < -0.4 is 21.2 Å². The number of aryl methyl sites for hydroxylation is 2. The first-order chi connectivity index (χ1) is 15.7. The standard InChI is InChI=1S/C16H14IO2.C10H16O4S/c1-11-3-7-13(8-4-11)15(18)17-16(19)14-9-5-12(2)6-10-14;1-9(2)7-3-4-10(9,8(11)5-7)6-15(12,13)14/h3-10H,1-2H3;7H,3-6H2,1-2H3,(H,12,13,14)/q+1;/p-1. The van der Waals surface area contributed by atoms with E-state index in [0.717, 1.165) is 17.5 Å². The third kappa shape index (κ3) is 5.66. The predicted molar refractivity (Wildman–Crippen MR) is 124 cm³/mol. The number of carbonyl (C=O) groups excluding carboxylic acids is 3. The number of benzene rings is 2. The van der Waals surface area contributed by atoms with Gasteiger partial charge in [0.25, 0.3) is 0 Å². The van der Waals surface area contributed by atoms with Crippen molar-refractivity contribution in [3.8, 4) is 0 Å². The minimum atomic E-state index is -4.33. The second-order valence-electron chi connectivity index (χ2n) is 9.74. The minimum Gasteiger partial charge on any atom is -0.748 e. The summed E-state index contributed by atoms with van der Waals surface area (Å²) in [5, 5.41) is 0. The molecule has 4 rings (SSSR count). The number of carbonyl (C=O) groups is 3. The fourth-order valence-electron chi connectivity index (χ4n) is 4.97. The molecule has 34 heavy (non-hydrogen) atoms. The molecule has 182 valence electrons. The Balaban J connectivity index is 0.000000196. The Bertz CT molecular complexity index is 1140. The highest BCUT2D eigenvalue weighted by Gasteiger charge is 2.64. The van der Waals surface area contributed by atoms with Crippen LogP contribution >= 0.6 is 0 Å². The Morgan fingerprint density at radius 2 is 1.38 bits per heavy atom. The highest BCUT2D eigenvalue weighted by Crippen LogP contribution is 2.64. The van der Waals surface area contributed by atoms with Gasteiger partial charge in [0.1, 0.15) is 5.78 Å². The molecular formula is C26H29IO6S. The maximum absolute atomic E-state index is 12.0. The number of hydrogen-bond donors (Lipinski definition) is 0. The van der Waals surface area contributed by atoms with E-state index in [1.165, 1.54) is 0 Å². The zero-order chi connectivity index (χ0) is 25.3. The summed E-state index contributed by atoms with van der Waals surface area (Å²) in [6.07, 6.45) is 1.88. The topological polar surface area (TPSA) is 108 Å². The van der Waals surface area contributed by atoms with Crippen LogP contribution in [0.25, 0.3) is 0 Å². The fourth-order valence-corrected chi connectivity index (χ4v) is 8.03. The lowest BCUT2D eigenvalue weighted by Gasteiger charge is -2.37. The van der Waals surface area contributed by atoms with Gasteiger partial charge in [-0.3, -0.25) is 4.79 Å². The lowest BCUT2D eigenvalue weighted by atomic mass is 9.70. The predicted octanol–water partition coefficient (Wildman–Crippen LogP) is 1.30. The van der Waals surface area contributed by atoms with Crippen molar-refractivity contribution in [2.75, 3.05) is 5.75 Å². The van der Waals surface area contributed by atoms with Crippen LogP contribution in [0.5, 0.6) is 0 Å². The van der Waals surface area contributed by atoms with Crippen LogP contribution in [-0.2, 0) is 14.9 Å². The van der Waals surface area contributed by atoms with Gasteiger partial charge in [-0.05, 0) is 62.3 Å². The molecule has 0 spiro atoms. The van der Waals surface area contributed by atoms with Crippen molar-refractivity contribution in [3.05, 3.63) is 70.8 Å². The van der Waals surface area contributed by atoms with Crippen LogP contribution in [0.2, 0.25) is 0 Å². The normalized spacial score (nSPS) is 22.7. The van der Waals surface area contributed by atoms with Gasteiger partial charge in [-0.15, -0.1) is 0 Å². The molecule has 0 aliphatic heterocycles. The van der Waals surface area contributed by atoms with Crippen LogP contribution in [0.4, 0.5) is 0 Å². The van der Waals surface area contributed by atoms with Crippen molar-refractivity contribution in [2.24, 2.45) is 16.7 Å². The molecule has 2 aliphatic rings. The van der Waals surface area contributed by atoms with Crippen LogP contribution in [-0.4, -0.2) is 32.1 Å². The fraction of sp³-hybridized carbons (Fsp3) is 0.423. The first-order valence-electron chi connectivity index (χ1n) is 11.1. The van der Waals surface area contributed by atoms with E-state index in [4.69, 9.17) is 0 Å². The zero-order valence-electron chi connectivity index (χ0n) is 19.8. The Hall–Kier alpha value is -1.91. The van der Waals surface area contributed by atoms with Gasteiger partial charge in [0, 0.05) is 11.8 Å². The maximum Gasteiger partial charge on any atom is 0.452 e. The lowest BCUT2D eigenvalue weighted by Crippen LogP contribution is -3.67. The summed E-state index contributed by atoms with van der Waals surface area (Å²) in [7, 11) is -4.33. The minimum absolute atomic E-state index is 0.0237. The summed E-state index contributed by atoms with van der Waals surface area (Å²) in [6, 6.07) is 14.8. The molecule has 0 aromatic heterocycles. The van der Waals surface area contributed by atoms with E-state index in [2.05, 4.69) is 0 Å². The third-order valence-corrected chi connectivity index (χ3v) is 10.4. The highest BCUT2D eigenvalue weighted by atomic mass is 127. The van der Waals surface area contributed by atoms with Gasteiger partial charge in [0.2, 0.25) is 0 Å². The molecule has 2 bridgehead atoms. The zero-order valence-corrected chi connectivity index (χ0v) is 22.7. The van der Waals surface area contributed by atoms with Gasteiger partial charge >= 0.3 is 28.8 Å². The molecule has 0 N–H and O–H groups in total. The SMILES string of the molecule is CC1(C)C2CCC1(CS(=O)(=O)[O-])C(=O)C2.Cc1ccc(C(=O)[I+]C(=O)c2ccc(C)cc2)cc1. The van der Waals surface area contributed by atoms with Crippen LogP contribution in [0.15, 0.2) is 48.5 Å². The molecule has 0 saturated heterocycles. The number of Topliss-reactive ketones (excluding diaryl/α,β-unsaturated/α-hetero) is 1. The van der Waals surface area contributed by atoms with Gasteiger partial charge < -0.3 is 4.55 Å². The molecular weight excluding hydrogens is 567 g/mol. The van der Waals surface area contributed by atoms with Crippen molar-refractivity contribution >= 4 is 23.5 Å². The quantitative estimate of drug-likeness (QED) is 0.283. The van der Waals surface area contributed by atoms with Crippen molar-refractivity contribution in [3.63, 3.8) is 0 Å². The Labute approximate surface area is 211 Å². The highest BCUT2D eigenvalue weighted by molar-refractivity contribution is 7.85. The van der Waals surface area contributed by atoms with Gasteiger partial charge in [0.15, 0.2) is 0 Å². The second-order valence-corrected chi connectivity index (χ2v) is 13.6. The summed E-state index contributed by atoms with van der Waals surface area (Å²) in [5.41, 5.74) is 2.27. The summed E-state index contributed by atoms with van der Waals surface area (Å²) >= 11 is -1.16. The molecule has 0 heterocycles. The van der Waals surface area contributed by atoms with Crippen molar-refractivity contribution in [1.29, 1.82) is 0 Å². The maximum atomic E-state index is 12.0. The van der Waals surface area contributed by atoms with E-state index >= 15 is 0 Å². The average molecular weight is 596 g/mol. The largest absolute Gasteiger partial charge is 0.748 e. The number of hydrogen-bond acceptors (Lipinski definition) is 6. The first kappa shape index (κ1) is 26.7. The second kappa shape index (κ2) is 9.99. The molecule has 6 nitrogen and oxygen atoms in total. The van der Waals surface area contributed by atoms with Crippen molar-refractivity contribution < 1.29 is 48.6 Å². The molecule has 2 atom stereocenters. The van der Waals surface area contributed by atoms with E-state index in [1.807, 2.05) is 52.0 Å². The Kier molecular flexibility index (Phi) is 7.84. The van der Waals surface area contributed by atoms with Crippen LogP contribution in [0.1, 0.15) is 65.0 Å². The molecule has 2 aromatic carbocycles. The Morgan fingerprint density at radius 1 is 0.941 bits per heavy atom. The number of rotatable bonds is 6. The summed E-state index contributed by atoms with van der Waals surface area (Å²) in [5.74, 6) is -0.280. The van der Waals surface area contributed by atoms with E-state index in [1.54, 1.807) is 24.3 Å². The monoisotopic (exact) mass is 596 g/mol. The average Bonchev–Trinajstić information content (AvgIpc) is 3.08. The number of halogens is 1. The third-order valence-electron chi connectivity index (χ3n) is 7.29. The van der Waals surface area contributed by atoms with Gasteiger partial charge in [-0.25, -0.2) is 18.0 Å². The molecule has 2 aromatic rings. The summed E-state index contributed by atoms with van der Waals surface area (Å²) in [4.78, 5) is 35.9. The van der Waals surface area contributed by atoms with Gasteiger partial charge in [-0.2, -0.15) is 0 Å². The number of fused-ring (bicyclic) bond motifs is 2. The van der Waals surface area contributed by atoms with E-state index in [-0.39, 0.29) is 24.7 Å². The van der Waals surface area contributed by atoms with Gasteiger partial charge in [0.05, 0.1) is 27.0 Å². The van der Waals surface area contributed by atoms with E-state index in [9.17, 15) is 27.4 Å². The van der Waals surface area contributed by atoms with E-state index < -0.39 is 42.5 Å². The van der Waals surface area contributed by atoms with Crippen molar-refractivity contribution in [2.45, 2.75) is 47.0 Å². The molecule has 0 amide bonds. The first-order valence-corrected chi connectivity index (χ1v) is 14.8. The molecule has 2 unspecified atom stereocenters. The summed E-state index contributed by atoms with van der Waals surface area (Å²) in [6.45, 7) is 7.78. The number of ketones is 1. The van der Waals surface area contributed by atoms with Crippen LogP contribution in [0, 0.1) is 30.6 Å². The summed E-state index contributed by atoms with van der Waals surface area (Å²) < 4.78 is 32.6. The molecule has 2 aliphatic carbocycles. The van der Waals surface area contributed by atoms with Crippen LogP contribution in [0.3, 0.4) is 0 Å². The van der Waals surface area contributed by atoms with Crippen molar-refractivity contribution in [1.82, 2.24) is 0 Å². The smallest absolute Gasteiger partial charge is 0.452 e. The van der Waals surface area contributed by atoms with E-state index in [0.29, 0.717) is 24.0 Å². The molecule has 0 radical (unpaired) electrons. The lowest BCUT2D eigenvalue weighted by molar-refractivity contribution is -0.450. The molecule has 2 saturated carbocycles. The van der Waals surface area contributed by atoms with Gasteiger partial charge in [-0.1, -0.05) is 49.2 Å². The molecule has 2 fully saturated rings. The Morgan fingerprint density at radius 3 is 1.71 bits per heavy atom.